The molecule has 0 amide bonds. The van der Waals surface area contributed by atoms with Gasteiger partial charge in [-0.15, -0.1) is 11.3 Å². The molecule has 1 aromatic rings. The summed E-state index contributed by atoms with van der Waals surface area (Å²) in [6, 6.07) is 0. The summed E-state index contributed by atoms with van der Waals surface area (Å²) in [5.74, 6) is 0. The Labute approximate surface area is 85.1 Å². The van der Waals surface area contributed by atoms with Crippen LogP contribution in [-0.4, -0.2) is 31.2 Å². The van der Waals surface area contributed by atoms with Gasteiger partial charge in [0, 0.05) is 18.5 Å². The van der Waals surface area contributed by atoms with Gasteiger partial charge in [0.05, 0.1) is 23.5 Å². The molecule has 0 N–H and O–H groups in total. The second-order valence-corrected chi connectivity index (χ2v) is 3.74. The van der Waals surface area contributed by atoms with Gasteiger partial charge in [-0.05, 0) is 0 Å². The Bertz CT molecular complexity index is 333. The van der Waals surface area contributed by atoms with Gasteiger partial charge in [0.15, 0.2) is 0 Å². The minimum atomic E-state index is -0.332. The van der Waals surface area contributed by atoms with E-state index in [1.807, 2.05) is 10.3 Å². The highest BCUT2D eigenvalue weighted by molar-refractivity contribution is 7.08. The maximum absolute atomic E-state index is 10.7. The molecule has 0 spiro atoms. The fourth-order valence-electron chi connectivity index (χ4n) is 1.46. The highest BCUT2D eigenvalue weighted by Gasteiger charge is 2.21. The molecule has 2 rings (SSSR count). The summed E-state index contributed by atoms with van der Waals surface area (Å²) in [6.45, 7) is 2.76. The lowest BCUT2D eigenvalue weighted by Gasteiger charge is -2.27. The predicted octanol–water partition coefficient (Wildman–Crippen LogP) is 1.49. The first-order valence-corrected chi connectivity index (χ1v) is 5.26. The molecule has 0 atom stereocenters. The average Bonchev–Trinajstić information content (AvgIpc) is 2.67. The van der Waals surface area contributed by atoms with Gasteiger partial charge >= 0.3 is 5.69 Å². The number of morpholine rings is 1. The third kappa shape index (κ3) is 1.71. The molecule has 5 nitrogen and oxygen atoms in total. The van der Waals surface area contributed by atoms with Crippen LogP contribution in [0.25, 0.3) is 0 Å². The molecule has 2 heterocycles. The van der Waals surface area contributed by atoms with E-state index in [2.05, 4.69) is 0 Å². The van der Waals surface area contributed by atoms with Crippen molar-refractivity contribution in [3.8, 4) is 0 Å². The van der Waals surface area contributed by atoms with E-state index >= 15 is 0 Å². The summed E-state index contributed by atoms with van der Waals surface area (Å²) in [5.41, 5.74) is 0.931. The fraction of sp³-hybridized carbons (Fsp3) is 0.500. The number of ether oxygens (including phenoxy) is 1. The molecular weight excluding hydrogens is 204 g/mol. The van der Waals surface area contributed by atoms with Crippen LogP contribution in [0, 0.1) is 10.1 Å². The molecule has 1 aliphatic heterocycles. The van der Waals surface area contributed by atoms with Gasteiger partial charge in [-0.1, -0.05) is 0 Å². The molecule has 1 aromatic heterocycles. The highest BCUT2D eigenvalue weighted by Crippen LogP contribution is 2.32. The molecule has 6 heteroatoms. The van der Waals surface area contributed by atoms with Crippen molar-refractivity contribution >= 4 is 22.7 Å². The molecule has 0 aromatic carbocycles. The molecule has 0 saturated carbocycles. The zero-order valence-electron chi connectivity index (χ0n) is 7.51. The van der Waals surface area contributed by atoms with E-state index in [1.54, 1.807) is 5.38 Å². The lowest BCUT2D eigenvalue weighted by molar-refractivity contribution is -0.383. The van der Waals surface area contributed by atoms with Crippen LogP contribution in [0.1, 0.15) is 0 Å². The summed E-state index contributed by atoms with van der Waals surface area (Å²) in [5, 5.41) is 14.1. The van der Waals surface area contributed by atoms with E-state index < -0.39 is 0 Å². The Balaban J connectivity index is 2.21. The third-order valence-electron chi connectivity index (χ3n) is 2.17. The Morgan fingerprint density at radius 1 is 1.43 bits per heavy atom. The molecule has 0 radical (unpaired) electrons. The Morgan fingerprint density at radius 3 is 2.79 bits per heavy atom. The second-order valence-electron chi connectivity index (χ2n) is 3.00. The lowest BCUT2D eigenvalue weighted by atomic mass is 10.3. The predicted molar refractivity (Wildman–Crippen MR) is 54.0 cm³/mol. The van der Waals surface area contributed by atoms with Crippen LogP contribution in [0.4, 0.5) is 11.4 Å². The van der Waals surface area contributed by atoms with Gasteiger partial charge in [-0.3, -0.25) is 10.1 Å². The van der Waals surface area contributed by atoms with Crippen molar-refractivity contribution in [3.05, 3.63) is 20.9 Å². The van der Waals surface area contributed by atoms with Crippen molar-refractivity contribution in [1.82, 2.24) is 0 Å². The van der Waals surface area contributed by atoms with Crippen molar-refractivity contribution in [2.24, 2.45) is 0 Å². The van der Waals surface area contributed by atoms with Crippen molar-refractivity contribution in [1.29, 1.82) is 0 Å². The Kier molecular flexibility index (Phi) is 2.64. The van der Waals surface area contributed by atoms with Crippen molar-refractivity contribution in [2.75, 3.05) is 31.2 Å². The zero-order valence-corrected chi connectivity index (χ0v) is 8.33. The molecule has 0 aliphatic carbocycles. The number of nitrogens with zero attached hydrogens (tertiary/aromatic N) is 2. The Morgan fingerprint density at radius 2 is 2.14 bits per heavy atom. The van der Waals surface area contributed by atoms with E-state index in [4.69, 9.17) is 4.74 Å². The van der Waals surface area contributed by atoms with Gasteiger partial charge < -0.3 is 9.64 Å². The summed E-state index contributed by atoms with van der Waals surface area (Å²) >= 11 is 1.36. The maximum atomic E-state index is 10.7. The largest absolute Gasteiger partial charge is 0.378 e. The molecule has 1 fully saturated rings. The first kappa shape index (κ1) is 9.42. The van der Waals surface area contributed by atoms with Crippen molar-refractivity contribution in [3.63, 3.8) is 0 Å². The van der Waals surface area contributed by atoms with E-state index in [1.165, 1.54) is 11.3 Å². The van der Waals surface area contributed by atoms with Crippen LogP contribution >= 0.6 is 11.3 Å². The SMILES string of the molecule is O=[N+]([O-])c1cscc1N1CCOCC1. The van der Waals surface area contributed by atoms with Crippen LogP contribution in [0.15, 0.2) is 10.8 Å². The second kappa shape index (κ2) is 3.93. The molecular formula is C8H10N2O3S. The standard InChI is InChI=1S/C8H10N2O3S/c11-10(12)8-6-14-5-7(8)9-1-3-13-4-2-9/h5-6H,1-4H2. The van der Waals surface area contributed by atoms with Crippen LogP contribution in [0.2, 0.25) is 0 Å². The summed E-state index contributed by atoms with van der Waals surface area (Å²) in [7, 11) is 0. The number of hydrogen-bond donors (Lipinski definition) is 0. The van der Waals surface area contributed by atoms with Gasteiger partial charge in [-0.2, -0.15) is 0 Å². The first-order valence-electron chi connectivity index (χ1n) is 4.32. The van der Waals surface area contributed by atoms with E-state index in [0.29, 0.717) is 13.2 Å². The summed E-state index contributed by atoms with van der Waals surface area (Å²) in [4.78, 5) is 12.3. The number of anilines is 1. The number of nitro groups is 1. The van der Waals surface area contributed by atoms with Crippen LogP contribution in [-0.2, 0) is 4.74 Å². The minimum absolute atomic E-state index is 0.205. The third-order valence-corrected chi connectivity index (χ3v) is 2.89. The smallest absolute Gasteiger partial charge is 0.303 e. The molecule has 14 heavy (non-hydrogen) atoms. The fourth-order valence-corrected chi connectivity index (χ4v) is 2.26. The lowest BCUT2D eigenvalue weighted by Crippen LogP contribution is -2.36. The maximum Gasteiger partial charge on any atom is 0.303 e. The van der Waals surface area contributed by atoms with E-state index in [-0.39, 0.29) is 10.6 Å². The van der Waals surface area contributed by atoms with E-state index in [9.17, 15) is 10.1 Å². The monoisotopic (exact) mass is 214 g/mol. The van der Waals surface area contributed by atoms with E-state index in [0.717, 1.165) is 18.8 Å². The average molecular weight is 214 g/mol. The zero-order chi connectivity index (χ0) is 9.97. The summed E-state index contributed by atoms with van der Waals surface area (Å²) in [6.07, 6.45) is 0. The highest BCUT2D eigenvalue weighted by atomic mass is 32.1. The summed E-state index contributed by atoms with van der Waals surface area (Å²) < 4.78 is 5.19. The van der Waals surface area contributed by atoms with Crippen molar-refractivity contribution < 1.29 is 9.66 Å². The van der Waals surface area contributed by atoms with Crippen LogP contribution < -0.4 is 4.90 Å². The quantitative estimate of drug-likeness (QED) is 0.553. The van der Waals surface area contributed by atoms with Gasteiger partial charge in [0.2, 0.25) is 0 Å². The van der Waals surface area contributed by atoms with Crippen LogP contribution in [0.3, 0.4) is 0 Å². The number of rotatable bonds is 2. The Hall–Kier alpha value is -1.14. The molecule has 76 valence electrons. The molecule has 0 bridgehead atoms. The topological polar surface area (TPSA) is 55.6 Å². The first-order chi connectivity index (χ1) is 6.79. The van der Waals surface area contributed by atoms with Crippen molar-refractivity contribution in [2.45, 2.75) is 0 Å². The number of thiophene rings is 1. The van der Waals surface area contributed by atoms with Gasteiger partial charge in [0.1, 0.15) is 5.69 Å². The van der Waals surface area contributed by atoms with Gasteiger partial charge in [0.25, 0.3) is 0 Å². The molecule has 1 saturated heterocycles. The van der Waals surface area contributed by atoms with Crippen LogP contribution in [0.5, 0.6) is 0 Å². The van der Waals surface area contributed by atoms with Gasteiger partial charge in [-0.25, -0.2) is 0 Å². The normalized spacial score (nSPS) is 17.0. The minimum Gasteiger partial charge on any atom is -0.378 e. The molecule has 1 aliphatic rings. The number of hydrogen-bond acceptors (Lipinski definition) is 5. The molecule has 0 unspecified atom stereocenters.